The summed E-state index contributed by atoms with van der Waals surface area (Å²) >= 11 is 6.76. The summed E-state index contributed by atoms with van der Waals surface area (Å²) in [6, 6.07) is 8.87. The van der Waals surface area contributed by atoms with Crippen LogP contribution in [0.2, 0.25) is 0 Å². The number of carbonyl (C=O) groups excluding carboxylic acids is 2. The predicted octanol–water partition coefficient (Wildman–Crippen LogP) is 3.12. The molecule has 3 rings (SSSR count). The van der Waals surface area contributed by atoms with E-state index in [2.05, 4.69) is 10.6 Å². The van der Waals surface area contributed by atoms with E-state index in [1.165, 1.54) is 18.4 Å². The lowest BCUT2D eigenvalue weighted by atomic mass is 10.1. The van der Waals surface area contributed by atoms with Crippen LogP contribution in [0.4, 0.5) is 10.7 Å². The summed E-state index contributed by atoms with van der Waals surface area (Å²) in [5, 5.41) is 7.07. The lowest BCUT2D eigenvalue weighted by Crippen LogP contribution is -2.40. The highest BCUT2D eigenvalue weighted by atomic mass is 32.1. The van der Waals surface area contributed by atoms with Gasteiger partial charge in [0.25, 0.3) is 5.91 Å². The first-order valence-corrected chi connectivity index (χ1v) is 9.94. The molecule has 1 aliphatic rings. The van der Waals surface area contributed by atoms with Crippen LogP contribution in [-0.2, 0) is 9.47 Å². The second-order valence-electron chi connectivity index (χ2n) is 6.15. The van der Waals surface area contributed by atoms with Gasteiger partial charge in [0.2, 0.25) is 0 Å². The van der Waals surface area contributed by atoms with E-state index in [1.54, 1.807) is 35.2 Å². The van der Waals surface area contributed by atoms with Crippen LogP contribution in [0.1, 0.15) is 25.6 Å². The highest BCUT2D eigenvalue weighted by Crippen LogP contribution is 2.28. The molecule has 0 unspecified atom stereocenters. The number of anilines is 2. The van der Waals surface area contributed by atoms with Crippen LogP contribution in [0.3, 0.4) is 0 Å². The molecule has 1 aromatic carbocycles. The maximum Gasteiger partial charge on any atom is 0.340 e. The Hall–Kier alpha value is -2.49. The quantitative estimate of drug-likeness (QED) is 0.582. The number of methoxy groups -OCH3 is 1. The van der Waals surface area contributed by atoms with Crippen LogP contribution in [0, 0.1) is 6.92 Å². The third-order valence-corrected chi connectivity index (χ3v) is 5.35. The van der Waals surface area contributed by atoms with Gasteiger partial charge in [-0.15, -0.1) is 11.3 Å². The maximum absolute atomic E-state index is 12.5. The number of ether oxygens (including phenoxy) is 2. The molecule has 0 aliphatic carbocycles. The average molecular weight is 420 g/mol. The summed E-state index contributed by atoms with van der Waals surface area (Å²) in [4.78, 5) is 27.1. The Morgan fingerprint density at radius 1 is 1.18 bits per heavy atom. The summed E-state index contributed by atoms with van der Waals surface area (Å²) < 4.78 is 10.1. The lowest BCUT2D eigenvalue weighted by molar-refractivity contribution is 0.0303. The molecule has 1 amide bonds. The highest BCUT2D eigenvalue weighted by Gasteiger charge is 2.19. The molecule has 2 heterocycles. The number of hydrogen-bond acceptors (Lipinski definition) is 6. The van der Waals surface area contributed by atoms with E-state index in [-0.39, 0.29) is 5.91 Å². The van der Waals surface area contributed by atoms with Crippen molar-refractivity contribution in [3.63, 3.8) is 0 Å². The fourth-order valence-electron chi connectivity index (χ4n) is 2.78. The third kappa shape index (κ3) is 4.86. The van der Waals surface area contributed by atoms with Crippen molar-refractivity contribution in [2.24, 2.45) is 0 Å². The topological polar surface area (TPSA) is 79.9 Å². The summed E-state index contributed by atoms with van der Waals surface area (Å²) in [5.74, 6) is -0.423. The summed E-state index contributed by atoms with van der Waals surface area (Å²) in [7, 11) is 1.34. The SMILES string of the molecule is COC(=O)c1cc(C)sc1NC(=S)Nc1ccc(C(=O)N2CCOCC2)cc1. The van der Waals surface area contributed by atoms with Gasteiger partial charge in [0, 0.05) is 29.2 Å². The Labute approximate surface area is 172 Å². The van der Waals surface area contributed by atoms with Crippen LogP contribution in [0.25, 0.3) is 0 Å². The van der Waals surface area contributed by atoms with E-state index in [0.717, 1.165) is 10.6 Å². The molecule has 2 aromatic rings. The van der Waals surface area contributed by atoms with Gasteiger partial charge < -0.3 is 25.0 Å². The van der Waals surface area contributed by atoms with Crippen molar-refractivity contribution in [2.45, 2.75) is 6.92 Å². The number of thiocarbonyl (C=S) groups is 1. The molecule has 7 nitrogen and oxygen atoms in total. The number of carbonyl (C=O) groups is 2. The van der Waals surface area contributed by atoms with Gasteiger partial charge in [-0.1, -0.05) is 0 Å². The molecular weight excluding hydrogens is 398 g/mol. The molecule has 28 heavy (non-hydrogen) atoms. The molecule has 148 valence electrons. The van der Waals surface area contributed by atoms with Crippen LogP contribution >= 0.6 is 23.6 Å². The van der Waals surface area contributed by atoms with Crippen molar-refractivity contribution in [3.8, 4) is 0 Å². The van der Waals surface area contributed by atoms with Gasteiger partial charge in [0.05, 0.1) is 25.9 Å². The van der Waals surface area contributed by atoms with Crippen molar-refractivity contribution < 1.29 is 19.1 Å². The van der Waals surface area contributed by atoms with Gasteiger partial charge in [-0.2, -0.15) is 0 Å². The monoisotopic (exact) mass is 419 g/mol. The van der Waals surface area contributed by atoms with E-state index in [1.807, 2.05) is 6.92 Å². The first-order chi connectivity index (χ1) is 13.5. The minimum atomic E-state index is -0.416. The van der Waals surface area contributed by atoms with Crippen LogP contribution in [0.5, 0.6) is 0 Å². The van der Waals surface area contributed by atoms with Gasteiger partial charge in [-0.3, -0.25) is 4.79 Å². The number of aryl methyl sites for hydroxylation is 1. The first kappa shape index (κ1) is 20.2. The summed E-state index contributed by atoms with van der Waals surface area (Å²) in [6.07, 6.45) is 0. The van der Waals surface area contributed by atoms with E-state index in [4.69, 9.17) is 21.7 Å². The maximum atomic E-state index is 12.5. The molecule has 1 fully saturated rings. The molecule has 2 N–H and O–H groups in total. The normalized spacial score (nSPS) is 13.7. The lowest BCUT2D eigenvalue weighted by Gasteiger charge is -2.26. The molecule has 9 heteroatoms. The Morgan fingerprint density at radius 3 is 2.50 bits per heavy atom. The first-order valence-electron chi connectivity index (χ1n) is 8.72. The van der Waals surface area contributed by atoms with Gasteiger partial charge in [0.1, 0.15) is 5.00 Å². The number of hydrogen-bond donors (Lipinski definition) is 2. The number of morpholine rings is 1. The smallest absolute Gasteiger partial charge is 0.340 e. The number of nitrogens with zero attached hydrogens (tertiary/aromatic N) is 1. The fourth-order valence-corrected chi connectivity index (χ4v) is 3.97. The fraction of sp³-hybridized carbons (Fsp3) is 0.316. The van der Waals surface area contributed by atoms with Gasteiger partial charge in [0.15, 0.2) is 5.11 Å². The van der Waals surface area contributed by atoms with Crippen molar-refractivity contribution >= 4 is 51.2 Å². The predicted molar refractivity (Wildman–Crippen MR) is 113 cm³/mol. The summed E-state index contributed by atoms with van der Waals surface area (Å²) in [5.41, 5.74) is 1.80. The number of thiophene rings is 1. The van der Waals surface area contributed by atoms with Gasteiger partial charge in [-0.05, 0) is 49.5 Å². The second-order valence-corrected chi connectivity index (χ2v) is 7.82. The minimum absolute atomic E-state index is 0.00710. The molecular formula is C19H21N3O4S2. The van der Waals surface area contributed by atoms with Gasteiger partial charge in [-0.25, -0.2) is 4.79 Å². The standard InChI is InChI=1S/C19H21N3O4S2/c1-12-11-15(18(24)25-2)16(28-12)21-19(27)20-14-5-3-13(4-6-14)17(23)22-7-9-26-10-8-22/h3-6,11H,7-10H2,1-2H3,(H2,20,21,27). The zero-order valence-corrected chi connectivity index (χ0v) is 17.2. The number of rotatable bonds is 4. The van der Waals surface area contributed by atoms with Crippen LogP contribution < -0.4 is 10.6 Å². The Kier molecular flexibility index (Phi) is 6.61. The Morgan fingerprint density at radius 2 is 1.86 bits per heavy atom. The molecule has 0 radical (unpaired) electrons. The average Bonchev–Trinajstić information content (AvgIpc) is 3.08. The van der Waals surface area contributed by atoms with Crippen molar-refractivity contribution in [1.82, 2.24) is 4.90 Å². The summed E-state index contributed by atoms with van der Waals surface area (Å²) in [6.45, 7) is 4.26. The van der Waals surface area contributed by atoms with Crippen molar-refractivity contribution in [2.75, 3.05) is 44.0 Å². The minimum Gasteiger partial charge on any atom is -0.465 e. The van der Waals surface area contributed by atoms with E-state index in [0.29, 0.717) is 47.5 Å². The highest BCUT2D eigenvalue weighted by molar-refractivity contribution is 7.80. The van der Waals surface area contributed by atoms with Crippen molar-refractivity contribution in [3.05, 3.63) is 46.3 Å². The molecule has 0 spiro atoms. The molecule has 0 bridgehead atoms. The van der Waals surface area contributed by atoms with E-state index >= 15 is 0 Å². The van der Waals surface area contributed by atoms with Crippen LogP contribution in [-0.4, -0.2) is 55.3 Å². The largest absolute Gasteiger partial charge is 0.465 e. The van der Waals surface area contributed by atoms with Gasteiger partial charge >= 0.3 is 5.97 Å². The molecule has 1 aliphatic heterocycles. The number of esters is 1. The number of amides is 1. The zero-order valence-electron chi connectivity index (χ0n) is 15.6. The second kappa shape index (κ2) is 9.13. The molecule has 0 saturated carbocycles. The zero-order chi connectivity index (χ0) is 20.1. The molecule has 1 saturated heterocycles. The molecule has 0 atom stereocenters. The Balaban J connectivity index is 1.62. The molecule has 1 aromatic heterocycles. The van der Waals surface area contributed by atoms with Crippen LogP contribution in [0.15, 0.2) is 30.3 Å². The van der Waals surface area contributed by atoms with E-state index < -0.39 is 5.97 Å². The number of nitrogens with one attached hydrogen (secondary N) is 2. The van der Waals surface area contributed by atoms with Crippen molar-refractivity contribution in [1.29, 1.82) is 0 Å². The third-order valence-electron chi connectivity index (χ3n) is 4.18. The van der Waals surface area contributed by atoms with E-state index in [9.17, 15) is 9.59 Å². The Bertz CT molecular complexity index is 874. The number of benzene rings is 1.